The van der Waals surface area contributed by atoms with Crippen LogP contribution in [0.15, 0.2) is 42.5 Å². The number of fused-ring (bicyclic) bond motifs is 2. The summed E-state index contributed by atoms with van der Waals surface area (Å²) in [5, 5.41) is 0. The third-order valence-electron chi connectivity index (χ3n) is 3.53. The minimum absolute atomic E-state index is 0.277. The molecule has 0 spiro atoms. The Bertz CT molecular complexity index is 704. The molecule has 0 N–H and O–H groups in total. The molecule has 0 aliphatic carbocycles. The van der Waals surface area contributed by atoms with Gasteiger partial charge in [0.15, 0.2) is 0 Å². The number of methoxy groups -OCH3 is 1. The van der Waals surface area contributed by atoms with Gasteiger partial charge in [0.2, 0.25) is 0 Å². The molecule has 0 fully saturated rings. The molecular weight excluding hydrogens is 327 g/mol. The van der Waals surface area contributed by atoms with Crippen molar-refractivity contribution in [1.29, 1.82) is 0 Å². The standard InChI is InChI=1S/C18H18O2Se/c1-4-13-14-8-6-7-9-16(14)21-17-11-12(20-5-2)10-15(19-3)18(13)17/h4,6-11H,5H2,1-3H3. The van der Waals surface area contributed by atoms with Gasteiger partial charge in [-0.1, -0.05) is 0 Å². The van der Waals surface area contributed by atoms with E-state index in [0.29, 0.717) is 6.61 Å². The molecule has 2 aromatic rings. The predicted octanol–water partition coefficient (Wildman–Crippen LogP) is 2.51. The van der Waals surface area contributed by atoms with Gasteiger partial charge in [0.05, 0.1) is 0 Å². The van der Waals surface area contributed by atoms with E-state index in [-0.39, 0.29) is 15.0 Å². The van der Waals surface area contributed by atoms with Gasteiger partial charge in [-0.3, -0.25) is 0 Å². The Labute approximate surface area is 131 Å². The first-order chi connectivity index (χ1) is 10.3. The van der Waals surface area contributed by atoms with E-state index in [1.807, 2.05) is 13.0 Å². The molecule has 0 atom stereocenters. The second kappa shape index (κ2) is 5.97. The zero-order valence-corrected chi connectivity index (χ0v) is 14.2. The van der Waals surface area contributed by atoms with E-state index in [1.165, 1.54) is 25.6 Å². The second-order valence-electron chi connectivity index (χ2n) is 4.73. The van der Waals surface area contributed by atoms with E-state index in [0.717, 1.165) is 11.5 Å². The normalized spacial score (nSPS) is 14.5. The van der Waals surface area contributed by atoms with Gasteiger partial charge in [-0.15, -0.1) is 0 Å². The molecule has 108 valence electrons. The summed E-state index contributed by atoms with van der Waals surface area (Å²) < 4.78 is 14.1. The Kier molecular flexibility index (Phi) is 4.05. The summed E-state index contributed by atoms with van der Waals surface area (Å²) in [5.74, 6) is 1.80. The van der Waals surface area contributed by atoms with Crippen molar-refractivity contribution in [2.24, 2.45) is 0 Å². The molecule has 2 nitrogen and oxygen atoms in total. The average Bonchev–Trinajstić information content (AvgIpc) is 2.52. The summed E-state index contributed by atoms with van der Waals surface area (Å²) in [5.41, 5.74) is 3.81. The van der Waals surface area contributed by atoms with Gasteiger partial charge < -0.3 is 0 Å². The van der Waals surface area contributed by atoms with Crippen LogP contribution in [0.5, 0.6) is 11.5 Å². The molecule has 0 unspecified atom stereocenters. The van der Waals surface area contributed by atoms with Crippen molar-refractivity contribution in [1.82, 2.24) is 0 Å². The topological polar surface area (TPSA) is 18.5 Å². The molecule has 0 bridgehead atoms. The zero-order valence-electron chi connectivity index (χ0n) is 12.5. The molecule has 0 saturated heterocycles. The van der Waals surface area contributed by atoms with E-state index in [4.69, 9.17) is 9.47 Å². The Balaban J connectivity index is 2.21. The van der Waals surface area contributed by atoms with E-state index in [2.05, 4.69) is 43.3 Å². The van der Waals surface area contributed by atoms with E-state index >= 15 is 0 Å². The monoisotopic (exact) mass is 346 g/mol. The predicted molar refractivity (Wildman–Crippen MR) is 88.4 cm³/mol. The van der Waals surface area contributed by atoms with Crippen molar-refractivity contribution in [2.45, 2.75) is 13.8 Å². The van der Waals surface area contributed by atoms with Crippen molar-refractivity contribution >= 4 is 29.5 Å². The summed E-state index contributed by atoms with van der Waals surface area (Å²) in [4.78, 5) is 0. The van der Waals surface area contributed by atoms with Gasteiger partial charge >= 0.3 is 132 Å². The Hall–Kier alpha value is -1.70. The second-order valence-corrected chi connectivity index (χ2v) is 7.01. The fourth-order valence-electron chi connectivity index (χ4n) is 2.65. The molecule has 3 heteroatoms. The number of allylic oxidation sites excluding steroid dienone is 1. The number of rotatable bonds is 3. The number of hydrogen-bond acceptors (Lipinski definition) is 2. The molecule has 2 aromatic carbocycles. The molecule has 0 amide bonds. The third-order valence-corrected chi connectivity index (χ3v) is 5.87. The maximum atomic E-state index is 5.68. The first kappa shape index (κ1) is 14.2. The fraction of sp³-hybridized carbons (Fsp3) is 0.222. The first-order valence-electron chi connectivity index (χ1n) is 7.07. The van der Waals surface area contributed by atoms with E-state index < -0.39 is 0 Å². The van der Waals surface area contributed by atoms with Crippen molar-refractivity contribution in [3.63, 3.8) is 0 Å². The molecule has 1 aliphatic rings. The quantitative estimate of drug-likeness (QED) is 0.679. The summed E-state index contributed by atoms with van der Waals surface area (Å²) in [6, 6.07) is 12.8. The summed E-state index contributed by atoms with van der Waals surface area (Å²) in [6.07, 6.45) is 2.18. The van der Waals surface area contributed by atoms with Crippen LogP contribution in [0, 0.1) is 0 Å². The molecule has 1 heterocycles. The number of ether oxygens (including phenoxy) is 2. The number of hydrogen-bond donors (Lipinski definition) is 0. The summed E-state index contributed by atoms with van der Waals surface area (Å²) in [7, 11) is 1.73. The van der Waals surface area contributed by atoms with Gasteiger partial charge in [-0.05, 0) is 0 Å². The summed E-state index contributed by atoms with van der Waals surface area (Å²) >= 11 is 0.277. The molecule has 0 radical (unpaired) electrons. The van der Waals surface area contributed by atoms with Crippen LogP contribution in [0.2, 0.25) is 0 Å². The van der Waals surface area contributed by atoms with Gasteiger partial charge in [-0.2, -0.15) is 0 Å². The van der Waals surface area contributed by atoms with Crippen LogP contribution in [0.1, 0.15) is 25.0 Å². The van der Waals surface area contributed by atoms with Crippen LogP contribution in [-0.4, -0.2) is 28.7 Å². The Morgan fingerprint density at radius 2 is 1.95 bits per heavy atom. The Morgan fingerprint density at radius 3 is 2.67 bits per heavy atom. The van der Waals surface area contributed by atoms with Crippen LogP contribution in [-0.2, 0) is 0 Å². The van der Waals surface area contributed by atoms with E-state index in [9.17, 15) is 0 Å². The first-order valence-corrected chi connectivity index (χ1v) is 8.78. The van der Waals surface area contributed by atoms with Crippen molar-refractivity contribution in [3.8, 4) is 11.5 Å². The Morgan fingerprint density at radius 1 is 1.14 bits per heavy atom. The molecule has 0 saturated carbocycles. The molecular formula is C18H18O2Se. The third kappa shape index (κ3) is 2.48. The van der Waals surface area contributed by atoms with Crippen molar-refractivity contribution < 1.29 is 9.47 Å². The maximum absolute atomic E-state index is 5.68. The van der Waals surface area contributed by atoms with Gasteiger partial charge in [0.25, 0.3) is 0 Å². The fourth-order valence-corrected chi connectivity index (χ4v) is 5.09. The number of benzene rings is 2. The van der Waals surface area contributed by atoms with Crippen molar-refractivity contribution in [3.05, 3.63) is 53.6 Å². The molecule has 21 heavy (non-hydrogen) atoms. The minimum atomic E-state index is 0.277. The average molecular weight is 345 g/mol. The van der Waals surface area contributed by atoms with Gasteiger partial charge in [0, 0.05) is 0 Å². The van der Waals surface area contributed by atoms with Gasteiger partial charge in [0.1, 0.15) is 0 Å². The zero-order chi connectivity index (χ0) is 14.8. The SMILES string of the molecule is CC=C1c2ccccc2[Se]c2cc(OCC)cc(OC)c21. The molecule has 3 rings (SSSR count). The van der Waals surface area contributed by atoms with Crippen LogP contribution in [0.4, 0.5) is 0 Å². The van der Waals surface area contributed by atoms with Crippen LogP contribution in [0.25, 0.3) is 5.57 Å². The van der Waals surface area contributed by atoms with Crippen LogP contribution in [0.3, 0.4) is 0 Å². The molecule has 0 aromatic heterocycles. The van der Waals surface area contributed by atoms with Crippen molar-refractivity contribution in [2.75, 3.05) is 13.7 Å². The molecule has 1 aliphatic heterocycles. The van der Waals surface area contributed by atoms with Crippen LogP contribution < -0.4 is 18.4 Å². The van der Waals surface area contributed by atoms with Gasteiger partial charge in [-0.25, -0.2) is 0 Å². The van der Waals surface area contributed by atoms with Crippen LogP contribution >= 0.6 is 0 Å². The van der Waals surface area contributed by atoms with E-state index in [1.54, 1.807) is 7.11 Å². The summed E-state index contributed by atoms with van der Waals surface area (Å²) in [6.45, 7) is 4.76.